The minimum atomic E-state index is -0.239. The van der Waals surface area contributed by atoms with E-state index < -0.39 is 0 Å². The molecule has 4 bridgehead atoms. The lowest BCUT2D eigenvalue weighted by Crippen LogP contribution is -2.64. The van der Waals surface area contributed by atoms with Gasteiger partial charge in [0.25, 0.3) is 13.4 Å². The first-order chi connectivity index (χ1) is 51.2. The van der Waals surface area contributed by atoms with Crippen LogP contribution in [-0.2, 0) is 5.41 Å². The molecule has 22 rings (SSSR count). The van der Waals surface area contributed by atoms with Gasteiger partial charge in [-0.05, 0) is 205 Å². The van der Waals surface area contributed by atoms with Crippen LogP contribution < -0.4 is 57.1 Å². The van der Waals surface area contributed by atoms with E-state index in [9.17, 15) is 0 Å². The van der Waals surface area contributed by atoms with Gasteiger partial charge >= 0.3 is 0 Å². The van der Waals surface area contributed by atoms with Gasteiger partial charge in [0, 0.05) is 85.9 Å². The molecule has 0 radical (unpaired) electrons. The van der Waals surface area contributed by atoms with Crippen LogP contribution in [0.1, 0.15) is 58.4 Å². The Labute approximate surface area is 611 Å². The van der Waals surface area contributed by atoms with E-state index in [1.165, 1.54) is 143 Å². The number of hydrogen-bond acceptors (Lipinski definition) is 5. The van der Waals surface area contributed by atoms with Gasteiger partial charge in [-0.15, -0.1) is 0 Å². The van der Waals surface area contributed by atoms with Crippen molar-refractivity contribution in [1.29, 1.82) is 0 Å². The molecule has 0 unspecified atom stereocenters. The summed E-state index contributed by atoms with van der Waals surface area (Å²) >= 11 is 0. The molecule has 8 aliphatic rings. The van der Waals surface area contributed by atoms with Crippen LogP contribution in [0.25, 0.3) is 66.8 Å². The van der Waals surface area contributed by atoms with Crippen LogP contribution in [0.2, 0.25) is 0 Å². The van der Waals surface area contributed by atoms with Crippen LogP contribution in [0.15, 0.2) is 322 Å². The summed E-state index contributed by atoms with van der Waals surface area (Å²) < 4.78 is 7.92. The molecule has 2 aliphatic carbocycles. The van der Waals surface area contributed by atoms with E-state index in [-0.39, 0.29) is 18.8 Å². The number of hydrogen-bond donors (Lipinski definition) is 0. The Kier molecular flexibility index (Phi) is 14.0. The lowest BCUT2D eigenvalue weighted by atomic mass is 9.30. The smallest absolute Gasteiger partial charge is 0.256 e. The zero-order valence-electron chi connectivity index (χ0n) is 58.8. The minimum absolute atomic E-state index is 0.177. The summed E-state index contributed by atoms with van der Waals surface area (Å²) in [5.41, 5.74) is 34.2. The van der Waals surface area contributed by atoms with Crippen LogP contribution in [0.5, 0.6) is 11.5 Å². The van der Waals surface area contributed by atoms with Crippen molar-refractivity contribution in [1.82, 2.24) is 0 Å². The van der Waals surface area contributed by atoms with Crippen molar-refractivity contribution >= 4 is 103 Å². The lowest BCUT2D eigenvalue weighted by Gasteiger charge is -2.58. The Morgan fingerprint density at radius 2 is 0.673 bits per heavy atom. The molecule has 5 nitrogen and oxygen atoms in total. The first-order valence-electron chi connectivity index (χ1n) is 37.5. The first kappa shape index (κ1) is 60.9. The molecule has 7 heteroatoms. The topological polar surface area (TPSA) is 22.2 Å². The van der Waals surface area contributed by atoms with Crippen molar-refractivity contribution in [2.75, 3.05) is 19.6 Å². The average Bonchev–Trinajstić information content (AvgIpc) is 0.687. The van der Waals surface area contributed by atoms with Crippen molar-refractivity contribution in [3.8, 4) is 78.3 Å². The Bertz CT molecular complexity index is 5580. The Hall–Kier alpha value is -11.8. The summed E-state index contributed by atoms with van der Waals surface area (Å²) in [6.45, 7) is 6.66. The third-order valence-electron chi connectivity index (χ3n) is 24.0. The third-order valence-corrected chi connectivity index (χ3v) is 24.0. The summed E-state index contributed by atoms with van der Waals surface area (Å²) in [7, 11) is 0. The maximum absolute atomic E-state index is 7.92. The van der Waals surface area contributed by atoms with Gasteiger partial charge in [-0.3, -0.25) is 0 Å². The maximum Gasteiger partial charge on any atom is 0.256 e. The number of fused-ring (bicyclic) bond motifs is 8. The van der Waals surface area contributed by atoms with Gasteiger partial charge in [0.1, 0.15) is 11.5 Å². The van der Waals surface area contributed by atoms with Crippen molar-refractivity contribution in [2.45, 2.75) is 70.4 Å². The molecular formula is C97H76B2N4O. The fraction of sp³-hybridized carbons (Fsp3) is 0.134. The highest BCUT2D eigenvalue weighted by molar-refractivity contribution is 7.02. The summed E-state index contributed by atoms with van der Waals surface area (Å²) in [6.07, 6.45) is 6.41. The van der Waals surface area contributed by atoms with E-state index in [1.807, 2.05) is 0 Å². The summed E-state index contributed by atoms with van der Waals surface area (Å²) in [6, 6.07) is 122. The van der Waals surface area contributed by atoms with Gasteiger partial charge in [-0.25, -0.2) is 0 Å². The minimum Gasteiger partial charge on any atom is -0.458 e. The van der Waals surface area contributed by atoms with Gasteiger partial charge in [-0.2, -0.15) is 0 Å². The van der Waals surface area contributed by atoms with Gasteiger partial charge in [0.15, 0.2) is 0 Å². The second-order valence-electron chi connectivity index (χ2n) is 31.1. The molecule has 0 atom stereocenters. The van der Waals surface area contributed by atoms with Crippen LogP contribution in [0.4, 0.5) is 56.9 Å². The zero-order valence-corrected chi connectivity index (χ0v) is 58.8. The van der Waals surface area contributed by atoms with Gasteiger partial charge in [-0.1, -0.05) is 263 Å². The predicted octanol–water partition coefficient (Wildman–Crippen LogP) is 21.2. The summed E-state index contributed by atoms with van der Waals surface area (Å²) in [5, 5.41) is 0. The van der Waals surface area contributed by atoms with Crippen LogP contribution >= 0.6 is 0 Å². The molecule has 0 aromatic heterocycles. The molecule has 2 saturated heterocycles. The van der Waals surface area contributed by atoms with Crippen molar-refractivity contribution in [3.63, 3.8) is 0 Å². The van der Waals surface area contributed by atoms with E-state index in [0.717, 1.165) is 74.0 Å². The molecule has 6 heterocycles. The van der Waals surface area contributed by atoms with E-state index in [4.69, 9.17) is 4.74 Å². The second-order valence-corrected chi connectivity index (χ2v) is 31.1. The van der Waals surface area contributed by atoms with Gasteiger partial charge in [0.2, 0.25) is 0 Å². The zero-order chi connectivity index (χ0) is 68.9. The monoisotopic (exact) mass is 1330 g/mol. The molecule has 2 saturated carbocycles. The summed E-state index contributed by atoms with van der Waals surface area (Å²) in [5.74, 6) is 3.38. The van der Waals surface area contributed by atoms with Crippen molar-refractivity contribution in [3.05, 3.63) is 327 Å². The number of rotatable bonds is 10. The number of nitrogens with zero attached hydrogens (tertiary/aromatic N) is 4. The number of ether oxygens (including phenoxy) is 1. The van der Waals surface area contributed by atoms with Gasteiger partial charge < -0.3 is 24.3 Å². The molecule has 104 heavy (non-hydrogen) atoms. The molecule has 496 valence electrons. The van der Waals surface area contributed by atoms with E-state index in [2.05, 4.69) is 362 Å². The highest BCUT2D eigenvalue weighted by Gasteiger charge is 2.52. The standard InChI is InChI=1S/C97H76B2N4O/c1-97(2,3)72-56-88-94-92(57-72)104-91-61-87-83(60-84(91)99(94)82-44-26-28-46-86(82)102(88)95-77(66-33-15-6-16-34-66)52-70(64-29-11-4-12-30-64)53-78(95)67-35-17-7-18-36-67)98-81-43-25-27-45-85(81)103(96-79(68-37-19-8-20-38-68)54-71(65-31-13-5-14-32-65)55-80(96)69-39-21-9-22-40-69)90-59-76(100-74-48-62-47-63(50-74)51-75(100)49-62)58-89(93(90)98)101(87)73-41-23-10-24-42-73/h4-46,52-63,74-75H,47-51H2,1-3H3. The van der Waals surface area contributed by atoms with E-state index in [0.29, 0.717) is 12.1 Å². The highest BCUT2D eigenvalue weighted by atomic mass is 16.5. The highest BCUT2D eigenvalue weighted by Crippen LogP contribution is 2.57. The Morgan fingerprint density at radius 1 is 0.288 bits per heavy atom. The second kappa shape index (κ2) is 23.9. The molecule has 4 fully saturated rings. The third kappa shape index (κ3) is 9.69. The molecule has 14 aromatic carbocycles. The molecule has 6 aliphatic heterocycles. The van der Waals surface area contributed by atoms with Crippen LogP contribution in [0.3, 0.4) is 0 Å². The SMILES string of the molecule is CC(C)(C)c1cc2c3c(c1)N(c1c(-c4ccccc4)cc(-c4ccccc4)cc1-c1ccccc1)c1ccccc1B3c1cc3c(cc1O2)N(c1ccccc1)c1cc(N2C4CC5CC(C4)CC2C5)cc2c1B3c1ccccc1N2c1c(-c2ccccc2)cc(-c2ccccc2)cc1-c1ccccc1. The maximum atomic E-state index is 7.92. The summed E-state index contributed by atoms with van der Waals surface area (Å²) in [4.78, 5) is 10.9. The quantitative estimate of drug-likeness (QED) is 0.127. The number of anilines is 10. The Balaban J connectivity index is 0.838. The number of piperidine rings is 2. The Morgan fingerprint density at radius 3 is 1.12 bits per heavy atom. The van der Waals surface area contributed by atoms with Crippen LogP contribution in [0, 0.1) is 11.8 Å². The normalized spacial score (nSPS) is 17.5. The molecule has 14 aromatic rings. The molecule has 0 N–H and O–H groups in total. The average molecular weight is 1340 g/mol. The number of benzene rings is 14. The van der Waals surface area contributed by atoms with Crippen molar-refractivity contribution in [2.24, 2.45) is 11.8 Å². The lowest BCUT2D eigenvalue weighted by molar-refractivity contribution is 0.0900. The van der Waals surface area contributed by atoms with Crippen LogP contribution in [-0.4, -0.2) is 25.5 Å². The fourth-order valence-electron chi connectivity index (χ4n) is 19.7. The van der Waals surface area contributed by atoms with Gasteiger partial charge in [0.05, 0.1) is 11.4 Å². The molecule has 0 amide bonds. The van der Waals surface area contributed by atoms with E-state index in [1.54, 1.807) is 0 Å². The van der Waals surface area contributed by atoms with E-state index >= 15 is 0 Å². The molecular weight excluding hydrogens is 1260 g/mol. The molecule has 0 spiro atoms. The van der Waals surface area contributed by atoms with Crippen molar-refractivity contribution < 1.29 is 4.74 Å². The predicted molar refractivity (Wildman–Crippen MR) is 438 cm³/mol. The fourth-order valence-corrected chi connectivity index (χ4v) is 19.7. The first-order valence-corrected chi connectivity index (χ1v) is 37.5. The largest absolute Gasteiger partial charge is 0.458 e. The number of para-hydroxylation sites is 3.